The van der Waals surface area contributed by atoms with Crippen molar-refractivity contribution >= 4 is 40.5 Å². The Balaban J connectivity index is 2.25. The number of benzene rings is 2. The van der Waals surface area contributed by atoms with Gasteiger partial charge < -0.3 is 11.1 Å². The molecule has 0 fully saturated rings. The Morgan fingerprint density at radius 1 is 1.06 bits per heavy atom. The van der Waals surface area contributed by atoms with Gasteiger partial charge in [-0.25, -0.2) is 0 Å². The molecule has 3 N–H and O–H groups in total. The fourth-order valence-corrected chi connectivity index (χ4v) is 1.90. The highest BCUT2D eigenvalue weighted by Gasteiger charge is 2.13. The molecule has 2 aromatic rings. The van der Waals surface area contributed by atoms with Crippen LogP contribution < -0.4 is 11.1 Å². The summed E-state index contributed by atoms with van der Waals surface area (Å²) in [6, 6.07) is 11.7. The molecule has 0 bridgehead atoms. The van der Waals surface area contributed by atoms with Gasteiger partial charge in [0.1, 0.15) is 0 Å². The summed E-state index contributed by atoms with van der Waals surface area (Å²) < 4.78 is 0. The van der Waals surface area contributed by atoms with Crippen molar-refractivity contribution < 1.29 is 4.79 Å². The number of hydrogen-bond acceptors (Lipinski definition) is 2. The van der Waals surface area contributed by atoms with Gasteiger partial charge in [0.25, 0.3) is 5.91 Å². The number of nitrogen functional groups attached to an aromatic ring is 1. The molecule has 5 heteroatoms. The molecule has 0 aliphatic heterocycles. The summed E-state index contributed by atoms with van der Waals surface area (Å²) in [6.07, 6.45) is 0. The van der Waals surface area contributed by atoms with Crippen LogP contribution in [-0.4, -0.2) is 5.91 Å². The van der Waals surface area contributed by atoms with Crippen LogP contribution in [-0.2, 0) is 0 Å². The van der Waals surface area contributed by atoms with Crippen LogP contribution in [0.25, 0.3) is 0 Å². The number of nitrogens with one attached hydrogen (secondary N) is 1. The van der Waals surface area contributed by atoms with E-state index in [-0.39, 0.29) is 11.5 Å². The first-order valence-electron chi connectivity index (χ1n) is 5.19. The molecule has 3 nitrogen and oxygen atoms in total. The summed E-state index contributed by atoms with van der Waals surface area (Å²) >= 11 is 11.7. The van der Waals surface area contributed by atoms with E-state index in [2.05, 4.69) is 5.32 Å². The third kappa shape index (κ3) is 2.75. The number of nitrogens with two attached hydrogens (primary N) is 1. The third-order valence-corrected chi connectivity index (χ3v) is 2.94. The number of anilines is 2. The molecular formula is C13H10Cl2N2O. The highest BCUT2D eigenvalue weighted by molar-refractivity contribution is 6.35. The molecule has 0 saturated carbocycles. The normalized spacial score (nSPS) is 10.1. The number of amides is 1. The van der Waals surface area contributed by atoms with E-state index >= 15 is 0 Å². The second-order valence-electron chi connectivity index (χ2n) is 3.67. The van der Waals surface area contributed by atoms with Gasteiger partial charge in [0.05, 0.1) is 10.6 Å². The van der Waals surface area contributed by atoms with Gasteiger partial charge >= 0.3 is 0 Å². The summed E-state index contributed by atoms with van der Waals surface area (Å²) in [7, 11) is 0. The van der Waals surface area contributed by atoms with Gasteiger partial charge in [0, 0.05) is 16.4 Å². The lowest BCUT2D eigenvalue weighted by molar-refractivity contribution is 0.102. The molecule has 0 radical (unpaired) electrons. The standard InChI is InChI=1S/C13H10Cl2N2O/c14-8-4-6-9(7-5-8)17-13(18)12-10(15)2-1-3-11(12)16/h1-7H,16H2,(H,17,18). The average molecular weight is 281 g/mol. The molecule has 0 heterocycles. The van der Waals surface area contributed by atoms with E-state index in [0.29, 0.717) is 21.4 Å². The molecule has 0 atom stereocenters. The molecule has 2 rings (SSSR count). The summed E-state index contributed by atoms with van der Waals surface area (Å²) in [5.74, 6) is -0.347. The first-order valence-corrected chi connectivity index (χ1v) is 5.94. The van der Waals surface area contributed by atoms with Crippen LogP contribution >= 0.6 is 23.2 Å². The second kappa shape index (κ2) is 5.29. The molecule has 2 aromatic carbocycles. The van der Waals surface area contributed by atoms with Crippen LogP contribution in [0.3, 0.4) is 0 Å². The molecule has 92 valence electrons. The monoisotopic (exact) mass is 280 g/mol. The molecule has 0 unspecified atom stereocenters. The lowest BCUT2D eigenvalue weighted by Gasteiger charge is -2.09. The average Bonchev–Trinajstić information content (AvgIpc) is 2.32. The lowest BCUT2D eigenvalue weighted by atomic mass is 10.1. The van der Waals surface area contributed by atoms with Gasteiger partial charge in [-0.05, 0) is 36.4 Å². The minimum atomic E-state index is -0.347. The molecule has 0 aliphatic rings. The Kier molecular flexibility index (Phi) is 3.75. The predicted octanol–water partition coefficient (Wildman–Crippen LogP) is 3.83. The van der Waals surface area contributed by atoms with Crippen LogP contribution in [0.1, 0.15) is 10.4 Å². The smallest absolute Gasteiger partial charge is 0.259 e. The van der Waals surface area contributed by atoms with Gasteiger partial charge in [-0.1, -0.05) is 29.3 Å². The van der Waals surface area contributed by atoms with Crippen molar-refractivity contribution in [1.82, 2.24) is 0 Å². The second-order valence-corrected chi connectivity index (χ2v) is 4.51. The first kappa shape index (κ1) is 12.7. The number of rotatable bonds is 2. The SMILES string of the molecule is Nc1cccc(Cl)c1C(=O)Nc1ccc(Cl)cc1. The molecule has 0 aromatic heterocycles. The van der Waals surface area contributed by atoms with E-state index in [1.807, 2.05) is 0 Å². The lowest BCUT2D eigenvalue weighted by Crippen LogP contribution is -2.14. The van der Waals surface area contributed by atoms with Crippen molar-refractivity contribution in [1.29, 1.82) is 0 Å². The van der Waals surface area contributed by atoms with Crippen molar-refractivity contribution in [3.8, 4) is 0 Å². The Morgan fingerprint density at radius 3 is 2.33 bits per heavy atom. The summed E-state index contributed by atoms with van der Waals surface area (Å²) in [5.41, 5.74) is 6.98. The maximum Gasteiger partial charge on any atom is 0.259 e. The molecule has 18 heavy (non-hydrogen) atoms. The molecule has 0 spiro atoms. The number of carbonyl (C=O) groups is 1. The Labute approximate surface area is 115 Å². The number of carbonyl (C=O) groups excluding carboxylic acids is 1. The van der Waals surface area contributed by atoms with Crippen molar-refractivity contribution in [3.63, 3.8) is 0 Å². The van der Waals surface area contributed by atoms with Crippen LogP contribution in [0, 0.1) is 0 Å². The van der Waals surface area contributed by atoms with Gasteiger partial charge in [0.15, 0.2) is 0 Å². The Bertz CT molecular complexity index is 562. The zero-order chi connectivity index (χ0) is 13.1. The Morgan fingerprint density at radius 2 is 1.72 bits per heavy atom. The molecular weight excluding hydrogens is 271 g/mol. The Hall–Kier alpha value is -1.71. The van der Waals surface area contributed by atoms with Crippen LogP contribution in [0.4, 0.5) is 11.4 Å². The van der Waals surface area contributed by atoms with Gasteiger partial charge in [-0.3, -0.25) is 4.79 Å². The summed E-state index contributed by atoms with van der Waals surface area (Å²) in [6.45, 7) is 0. The zero-order valence-corrected chi connectivity index (χ0v) is 10.8. The highest BCUT2D eigenvalue weighted by atomic mass is 35.5. The van der Waals surface area contributed by atoms with Crippen molar-refractivity contribution in [2.24, 2.45) is 0 Å². The summed E-state index contributed by atoms with van der Waals surface area (Å²) in [4.78, 5) is 12.0. The van der Waals surface area contributed by atoms with Crippen LogP contribution in [0.15, 0.2) is 42.5 Å². The maximum atomic E-state index is 12.0. The largest absolute Gasteiger partial charge is 0.398 e. The van der Waals surface area contributed by atoms with Crippen molar-refractivity contribution in [3.05, 3.63) is 58.1 Å². The van der Waals surface area contributed by atoms with E-state index in [1.165, 1.54) is 0 Å². The van der Waals surface area contributed by atoms with E-state index in [9.17, 15) is 4.79 Å². The van der Waals surface area contributed by atoms with Crippen molar-refractivity contribution in [2.75, 3.05) is 11.1 Å². The van der Waals surface area contributed by atoms with Gasteiger partial charge in [-0.15, -0.1) is 0 Å². The predicted molar refractivity (Wildman–Crippen MR) is 75.3 cm³/mol. The zero-order valence-electron chi connectivity index (χ0n) is 9.28. The third-order valence-electron chi connectivity index (χ3n) is 2.37. The minimum Gasteiger partial charge on any atom is -0.398 e. The fraction of sp³-hybridized carbons (Fsp3) is 0. The summed E-state index contributed by atoms with van der Waals surface area (Å²) in [5, 5.41) is 3.63. The molecule has 0 saturated heterocycles. The van der Waals surface area contributed by atoms with Gasteiger partial charge in [0.2, 0.25) is 0 Å². The van der Waals surface area contributed by atoms with E-state index in [4.69, 9.17) is 28.9 Å². The quantitative estimate of drug-likeness (QED) is 0.822. The number of hydrogen-bond donors (Lipinski definition) is 2. The maximum absolute atomic E-state index is 12.0. The van der Waals surface area contributed by atoms with E-state index in [0.717, 1.165) is 0 Å². The van der Waals surface area contributed by atoms with Crippen LogP contribution in [0.2, 0.25) is 10.0 Å². The first-order chi connectivity index (χ1) is 8.58. The minimum absolute atomic E-state index is 0.272. The van der Waals surface area contributed by atoms with Crippen molar-refractivity contribution in [2.45, 2.75) is 0 Å². The number of halogens is 2. The fourth-order valence-electron chi connectivity index (χ4n) is 1.51. The van der Waals surface area contributed by atoms with Crippen LogP contribution in [0.5, 0.6) is 0 Å². The molecule has 0 aliphatic carbocycles. The van der Waals surface area contributed by atoms with E-state index in [1.54, 1.807) is 42.5 Å². The highest BCUT2D eigenvalue weighted by Crippen LogP contribution is 2.23. The molecule has 1 amide bonds. The topological polar surface area (TPSA) is 55.1 Å². The van der Waals surface area contributed by atoms with E-state index < -0.39 is 0 Å². The van der Waals surface area contributed by atoms with Gasteiger partial charge in [-0.2, -0.15) is 0 Å².